The van der Waals surface area contributed by atoms with Crippen molar-refractivity contribution in [2.75, 3.05) is 7.11 Å². The first kappa shape index (κ1) is 21.0. The highest BCUT2D eigenvalue weighted by molar-refractivity contribution is 6.31. The molecule has 0 radical (unpaired) electrons. The van der Waals surface area contributed by atoms with Crippen molar-refractivity contribution in [1.82, 2.24) is 10.9 Å². The van der Waals surface area contributed by atoms with E-state index in [9.17, 15) is 19.7 Å². The zero-order valence-corrected chi connectivity index (χ0v) is 16.1. The molecular weight excluding hydrogens is 390 g/mol. The molecule has 0 aromatic heterocycles. The molecule has 2 amide bonds. The van der Waals surface area contributed by atoms with E-state index in [2.05, 4.69) is 10.9 Å². The molecule has 0 saturated carbocycles. The third-order valence-electron chi connectivity index (χ3n) is 3.48. The van der Waals surface area contributed by atoms with Crippen molar-refractivity contribution in [3.05, 3.63) is 62.7 Å². The van der Waals surface area contributed by atoms with Gasteiger partial charge in [0.1, 0.15) is 5.56 Å². The molecule has 0 saturated heterocycles. The maximum Gasteiger partial charge on any atom is 0.283 e. The van der Waals surface area contributed by atoms with Gasteiger partial charge in [-0.3, -0.25) is 30.6 Å². The quantitative estimate of drug-likeness (QED) is 0.560. The van der Waals surface area contributed by atoms with Crippen LogP contribution in [0, 0.1) is 10.1 Å². The lowest BCUT2D eigenvalue weighted by Crippen LogP contribution is -2.41. The molecule has 9 nitrogen and oxygen atoms in total. The summed E-state index contributed by atoms with van der Waals surface area (Å²) >= 11 is 5.72. The van der Waals surface area contributed by atoms with Crippen molar-refractivity contribution < 1.29 is 24.0 Å². The molecule has 0 unspecified atom stereocenters. The van der Waals surface area contributed by atoms with Crippen LogP contribution in [0.1, 0.15) is 34.6 Å². The van der Waals surface area contributed by atoms with Crippen LogP contribution in [0.5, 0.6) is 11.5 Å². The summed E-state index contributed by atoms with van der Waals surface area (Å²) in [5.74, 6) is -0.682. The maximum absolute atomic E-state index is 12.3. The molecule has 2 rings (SSSR count). The second-order valence-corrected chi connectivity index (χ2v) is 6.30. The van der Waals surface area contributed by atoms with Crippen molar-refractivity contribution in [2.45, 2.75) is 20.0 Å². The van der Waals surface area contributed by atoms with E-state index in [1.165, 1.54) is 31.4 Å². The van der Waals surface area contributed by atoms with Crippen molar-refractivity contribution >= 4 is 29.1 Å². The smallest absolute Gasteiger partial charge is 0.283 e. The van der Waals surface area contributed by atoms with Crippen LogP contribution in [0.4, 0.5) is 5.69 Å². The predicted molar refractivity (Wildman–Crippen MR) is 102 cm³/mol. The van der Waals surface area contributed by atoms with Crippen molar-refractivity contribution in [3.63, 3.8) is 0 Å². The largest absolute Gasteiger partial charge is 0.493 e. The summed E-state index contributed by atoms with van der Waals surface area (Å²) in [6.45, 7) is 3.71. The van der Waals surface area contributed by atoms with Crippen LogP contribution in [0.2, 0.25) is 5.02 Å². The standard InChI is InChI=1S/C18H18ClN3O6/c1-10(2)28-15-7-4-11(8-16(15)27-3)17(23)20-21-18(24)13-6-5-12(19)9-14(13)22(25)26/h4-10H,1-3H3,(H,20,23)(H,21,24). The minimum Gasteiger partial charge on any atom is -0.493 e. The first-order valence-electron chi connectivity index (χ1n) is 8.12. The molecule has 0 heterocycles. The average molecular weight is 408 g/mol. The zero-order valence-electron chi connectivity index (χ0n) is 15.3. The van der Waals surface area contributed by atoms with E-state index in [-0.39, 0.29) is 22.3 Å². The molecule has 0 atom stereocenters. The summed E-state index contributed by atoms with van der Waals surface area (Å²) in [7, 11) is 1.44. The topological polar surface area (TPSA) is 120 Å². The number of amides is 2. The number of ether oxygens (including phenoxy) is 2. The lowest BCUT2D eigenvalue weighted by atomic mass is 10.1. The fourth-order valence-corrected chi connectivity index (χ4v) is 2.43. The molecule has 2 aromatic carbocycles. The third-order valence-corrected chi connectivity index (χ3v) is 3.71. The Morgan fingerprint density at radius 1 is 1.07 bits per heavy atom. The number of hydrogen-bond donors (Lipinski definition) is 2. The van der Waals surface area contributed by atoms with Gasteiger partial charge in [0, 0.05) is 16.7 Å². The number of halogens is 1. The Labute approximate surface area is 165 Å². The number of nitro benzene ring substituents is 1. The summed E-state index contributed by atoms with van der Waals surface area (Å²) in [6.07, 6.45) is -0.0805. The number of hydrogen-bond acceptors (Lipinski definition) is 6. The highest BCUT2D eigenvalue weighted by Crippen LogP contribution is 2.29. The molecule has 2 N–H and O–H groups in total. The molecular formula is C18H18ClN3O6. The Morgan fingerprint density at radius 3 is 2.36 bits per heavy atom. The molecule has 2 aromatic rings. The van der Waals surface area contributed by atoms with Gasteiger partial charge in [-0.1, -0.05) is 11.6 Å². The van der Waals surface area contributed by atoms with Crippen LogP contribution < -0.4 is 20.3 Å². The van der Waals surface area contributed by atoms with Gasteiger partial charge in [-0.05, 0) is 44.2 Å². The first-order chi connectivity index (χ1) is 13.2. The monoisotopic (exact) mass is 407 g/mol. The average Bonchev–Trinajstić information content (AvgIpc) is 2.65. The summed E-state index contributed by atoms with van der Waals surface area (Å²) in [5, 5.41) is 11.2. The summed E-state index contributed by atoms with van der Waals surface area (Å²) < 4.78 is 10.8. The summed E-state index contributed by atoms with van der Waals surface area (Å²) in [6, 6.07) is 8.10. The summed E-state index contributed by atoms with van der Waals surface area (Å²) in [4.78, 5) is 34.8. The van der Waals surface area contributed by atoms with E-state index >= 15 is 0 Å². The highest BCUT2D eigenvalue weighted by Gasteiger charge is 2.21. The lowest BCUT2D eigenvalue weighted by molar-refractivity contribution is -0.385. The predicted octanol–water partition coefficient (Wildman–Crippen LogP) is 3.12. The second kappa shape index (κ2) is 9.05. The fraction of sp³-hybridized carbons (Fsp3) is 0.222. The van der Waals surface area contributed by atoms with E-state index in [1.54, 1.807) is 6.07 Å². The van der Waals surface area contributed by atoms with E-state index < -0.39 is 22.4 Å². The number of nitro groups is 1. The minimum atomic E-state index is -0.858. The molecule has 28 heavy (non-hydrogen) atoms. The molecule has 0 spiro atoms. The van der Waals surface area contributed by atoms with Crippen molar-refractivity contribution in [1.29, 1.82) is 0 Å². The SMILES string of the molecule is COc1cc(C(=O)NNC(=O)c2ccc(Cl)cc2[N+](=O)[O-])ccc1OC(C)C. The summed E-state index contributed by atoms with van der Waals surface area (Å²) in [5.41, 5.74) is 3.81. The minimum absolute atomic E-state index is 0.0805. The number of rotatable bonds is 6. The van der Waals surface area contributed by atoms with Gasteiger partial charge in [-0.25, -0.2) is 0 Å². The van der Waals surface area contributed by atoms with Crippen LogP contribution in [-0.4, -0.2) is 30.0 Å². The molecule has 0 aliphatic rings. The first-order valence-corrected chi connectivity index (χ1v) is 8.50. The Kier molecular flexibility index (Phi) is 6.78. The normalized spacial score (nSPS) is 10.3. The zero-order chi connectivity index (χ0) is 20.8. The number of hydrazine groups is 1. The van der Waals surface area contributed by atoms with Crippen LogP contribution in [0.25, 0.3) is 0 Å². The fourth-order valence-electron chi connectivity index (χ4n) is 2.26. The van der Waals surface area contributed by atoms with Gasteiger partial charge in [0.05, 0.1) is 18.1 Å². The maximum atomic E-state index is 12.3. The number of carbonyl (C=O) groups is 2. The second-order valence-electron chi connectivity index (χ2n) is 5.86. The van der Waals surface area contributed by atoms with Crippen molar-refractivity contribution in [2.24, 2.45) is 0 Å². The Balaban J connectivity index is 2.12. The third kappa shape index (κ3) is 5.10. The van der Waals surface area contributed by atoms with E-state index in [4.69, 9.17) is 21.1 Å². The van der Waals surface area contributed by atoms with Crippen molar-refractivity contribution in [3.8, 4) is 11.5 Å². The van der Waals surface area contributed by atoms with Gasteiger partial charge >= 0.3 is 0 Å². The molecule has 0 aliphatic heterocycles. The highest BCUT2D eigenvalue weighted by atomic mass is 35.5. The number of carbonyl (C=O) groups excluding carboxylic acids is 2. The van der Waals surface area contributed by atoms with E-state index in [1.807, 2.05) is 13.8 Å². The van der Waals surface area contributed by atoms with Gasteiger partial charge < -0.3 is 9.47 Å². The van der Waals surface area contributed by atoms with Gasteiger partial charge in [-0.15, -0.1) is 0 Å². The van der Waals surface area contributed by atoms with Gasteiger partial charge in [0.15, 0.2) is 11.5 Å². The number of benzene rings is 2. The number of nitrogens with one attached hydrogen (secondary N) is 2. The Bertz CT molecular complexity index is 916. The molecule has 148 valence electrons. The van der Waals surface area contributed by atoms with Crippen LogP contribution >= 0.6 is 11.6 Å². The van der Waals surface area contributed by atoms with Gasteiger partial charge in [-0.2, -0.15) is 0 Å². The van der Waals surface area contributed by atoms with Crippen LogP contribution in [-0.2, 0) is 0 Å². The molecule has 0 fully saturated rings. The number of methoxy groups -OCH3 is 1. The van der Waals surface area contributed by atoms with Crippen LogP contribution in [0.15, 0.2) is 36.4 Å². The van der Waals surface area contributed by atoms with E-state index in [0.29, 0.717) is 11.5 Å². The molecule has 0 aliphatic carbocycles. The van der Waals surface area contributed by atoms with E-state index in [0.717, 1.165) is 6.07 Å². The molecule has 10 heteroatoms. The molecule has 0 bridgehead atoms. The van der Waals surface area contributed by atoms with Gasteiger partial charge in [0.2, 0.25) is 0 Å². The Morgan fingerprint density at radius 2 is 1.75 bits per heavy atom. The Hall–Kier alpha value is -3.33. The van der Waals surface area contributed by atoms with Crippen LogP contribution in [0.3, 0.4) is 0 Å². The number of nitrogens with zero attached hydrogens (tertiary/aromatic N) is 1. The van der Waals surface area contributed by atoms with Gasteiger partial charge in [0.25, 0.3) is 17.5 Å². The lowest BCUT2D eigenvalue weighted by Gasteiger charge is -2.14.